The van der Waals surface area contributed by atoms with Crippen LogP contribution in [0, 0.1) is 11.8 Å². The number of thiophene rings is 1. The molecule has 1 aromatic rings. The lowest BCUT2D eigenvalue weighted by atomic mass is 9.81. The zero-order valence-electron chi connectivity index (χ0n) is 17.9. The van der Waals surface area contributed by atoms with Crippen LogP contribution in [0.2, 0.25) is 0 Å². The van der Waals surface area contributed by atoms with Crippen molar-refractivity contribution in [1.29, 1.82) is 0 Å². The summed E-state index contributed by atoms with van der Waals surface area (Å²) in [5, 5.41) is 3.85. The molecule has 31 heavy (non-hydrogen) atoms. The van der Waals surface area contributed by atoms with Crippen molar-refractivity contribution in [3.8, 4) is 0 Å². The van der Waals surface area contributed by atoms with E-state index >= 15 is 0 Å². The van der Waals surface area contributed by atoms with Gasteiger partial charge in [0.2, 0.25) is 11.8 Å². The molecule has 166 valence electrons. The Labute approximate surface area is 186 Å². The van der Waals surface area contributed by atoms with Crippen molar-refractivity contribution in [2.45, 2.75) is 95.3 Å². The SMILES string of the molecule is O=C(NC1CCCCC1)c1c(N2C(=O)[C@@H]3[C@@H](C2=O)[C@H]2CC[C@H]3O2)sc2c1CCCCC2. The molecule has 4 fully saturated rings. The first kappa shape index (κ1) is 19.9. The van der Waals surface area contributed by atoms with E-state index in [2.05, 4.69) is 5.32 Å². The van der Waals surface area contributed by atoms with Crippen LogP contribution in [0.25, 0.3) is 0 Å². The Bertz CT molecular complexity index is 906. The Morgan fingerprint density at radius 1 is 0.871 bits per heavy atom. The molecule has 1 N–H and O–H groups in total. The van der Waals surface area contributed by atoms with Crippen LogP contribution in [0.5, 0.6) is 0 Å². The monoisotopic (exact) mass is 442 g/mol. The Balaban J connectivity index is 1.38. The first-order chi connectivity index (χ1) is 15.1. The van der Waals surface area contributed by atoms with Crippen molar-refractivity contribution < 1.29 is 19.1 Å². The number of carbonyl (C=O) groups excluding carboxylic acids is 3. The molecule has 3 aliphatic heterocycles. The van der Waals surface area contributed by atoms with Crippen molar-refractivity contribution in [3.63, 3.8) is 0 Å². The number of aryl methyl sites for hydroxylation is 1. The first-order valence-corrected chi connectivity index (χ1v) is 12.9. The molecular weight excluding hydrogens is 412 g/mol. The van der Waals surface area contributed by atoms with Gasteiger partial charge in [-0.1, -0.05) is 25.7 Å². The number of fused-ring (bicyclic) bond motifs is 6. The number of nitrogens with one attached hydrogen (secondary N) is 1. The number of imide groups is 1. The van der Waals surface area contributed by atoms with E-state index in [4.69, 9.17) is 4.74 Å². The summed E-state index contributed by atoms with van der Waals surface area (Å²) in [7, 11) is 0. The topological polar surface area (TPSA) is 75.7 Å². The van der Waals surface area contributed by atoms with Crippen LogP contribution in [0.4, 0.5) is 5.00 Å². The van der Waals surface area contributed by atoms with Crippen LogP contribution in [0.3, 0.4) is 0 Å². The van der Waals surface area contributed by atoms with E-state index in [0.29, 0.717) is 10.6 Å². The summed E-state index contributed by atoms with van der Waals surface area (Å²) >= 11 is 1.51. The molecule has 2 bridgehead atoms. The molecule has 3 amide bonds. The molecule has 0 aromatic carbocycles. The van der Waals surface area contributed by atoms with E-state index in [1.165, 1.54) is 27.5 Å². The maximum absolute atomic E-state index is 13.6. The molecule has 7 heteroatoms. The van der Waals surface area contributed by atoms with Crippen molar-refractivity contribution in [3.05, 3.63) is 16.0 Å². The van der Waals surface area contributed by atoms with Gasteiger partial charge >= 0.3 is 0 Å². The fourth-order valence-electron chi connectivity index (χ4n) is 6.54. The zero-order valence-corrected chi connectivity index (χ0v) is 18.7. The Morgan fingerprint density at radius 3 is 2.23 bits per heavy atom. The van der Waals surface area contributed by atoms with Gasteiger partial charge in [-0.15, -0.1) is 11.3 Å². The summed E-state index contributed by atoms with van der Waals surface area (Å²) < 4.78 is 5.90. The van der Waals surface area contributed by atoms with E-state index in [1.807, 2.05) is 0 Å². The number of ether oxygens (including phenoxy) is 1. The molecule has 6 rings (SSSR count). The van der Waals surface area contributed by atoms with Gasteiger partial charge in [-0.25, -0.2) is 4.90 Å². The summed E-state index contributed by atoms with van der Waals surface area (Å²) in [6.45, 7) is 0. The van der Waals surface area contributed by atoms with Gasteiger partial charge in [-0.05, 0) is 56.9 Å². The average Bonchev–Trinajstić information content (AvgIpc) is 3.48. The summed E-state index contributed by atoms with van der Waals surface area (Å²) in [5.74, 6) is -1.10. The van der Waals surface area contributed by atoms with Crippen molar-refractivity contribution >= 4 is 34.1 Å². The van der Waals surface area contributed by atoms with Crippen molar-refractivity contribution in [2.24, 2.45) is 11.8 Å². The highest BCUT2D eigenvalue weighted by molar-refractivity contribution is 7.17. The van der Waals surface area contributed by atoms with Gasteiger partial charge in [0.1, 0.15) is 5.00 Å². The van der Waals surface area contributed by atoms with Crippen LogP contribution in [-0.2, 0) is 27.2 Å². The fourth-order valence-corrected chi connectivity index (χ4v) is 7.93. The molecule has 4 heterocycles. The van der Waals surface area contributed by atoms with Crippen LogP contribution < -0.4 is 10.2 Å². The Kier molecular flexibility index (Phi) is 4.94. The van der Waals surface area contributed by atoms with Crippen LogP contribution >= 0.6 is 11.3 Å². The second kappa shape index (κ2) is 7.69. The summed E-state index contributed by atoms with van der Waals surface area (Å²) in [6, 6.07) is 0.198. The summed E-state index contributed by atoms with van der Waals surface area (Å²) in [5.41, 5.74) is 1.70. The molecule has 0 radical (unpaired) electrons. The second-order valence-corrected chi connectivity index (χ2v) is 11.0. The Morgan fingerprint density at radius 2 is 1.52 bits per heavy atom. The zero-order chi connectivity index (χ0) is 21.1. The highest BCUT2D eigenvalue weighted by Gasteiger charge is 2.63. The van der Waals surface area contributed by atoms with Crippen LogP contribution in [-0.4, -0.2) is 36.0 Å². The average molecular weight is 443 g/mol. The van der Waals surface area contributed by atoms with Gasteiger partial charge < -0.3 is 10.1 Å². The van der Waals surface area contributed by atoms with Gasteiger partial charge in [-0.3, -0.25) is 14.4 Å². The van der Waals surface area contributed by atoms with Gasteiger partial charge in [-0.2, -0.15) is 0 Å². The van der Waals surface area contributed by atoms with Gasteiger partial charge in [0, 0.05) is 10.9 Å². The number of rotatable bonds is 3. The van der Waals surface area contributed by atoms with Crippen molar-refractivity contribution in [2.75, 3.05) is 4.90 Å². The number of hydrogen-bond donors (Lipinski definition) is 1. The second-order valence-electron chi connectivity index (χ2n) is 9.91. The minimum Gasteiger partial charge on any atom is -0.373 e. The van der Waals surface area contributed by atoms with Gasteiger partial charge in [0.25, 0.3) is 5.91 Å². The number of hydrogen-bond acceptors (Lipinski definition) is 5. The normalized spacial score (nSPS) is 32.8. The molecule has 0 spiro atoms. The molecule has 2 aliphatic carbocycles. The molecule has 3 saturated heterocycles. The predicted molar refractivity (Wildman–Crippen MR) is 117 cm³/mol. The van der Waals surface area contributed by atoms with E-state index in [-0.39, 0.29) is 47.8 Å². The largest absolute Gasteiger partial charge is 0.373 e. The molecule has 5 aliphatic rings. The smallest absolute Gasteiger partial charge is 0.254 e. The minimum atomic E-state index is -0.359. The quantitative estimate of drug-likeness (QED) is 0.571. The molecule has 0 unspecified atom stereocenters. The summed E-state index contributed by atoms with van der Waals surface area (Å²) in [4.78, 5) is 43.0. The maximum Gasteiger partial charge on any atom is 0.254 e. The fraction of sp³-hybridized carbons (Fsp3) is 0.708. The Hall–Kier alpha value is -1.73. The lowest BCUT2D eigenvalue weighted by Crippen LogP contribution is -2.39. The molecule has 4 atom stereocenters. The van der Waals surface area contributed by atoms with E-state index < -0.39 is 0 Å². The molecule has 1 aromatic heterocycles. The first-order valence-electron chi connectivity index (χ1n) is 12.1. The van der Waals surface area contributed by atoms with Gasteiger partial charge in [0.15, 0.2) is 0 Å². The lowest BCUT2D eigenvalue weighted by molar-refractivity contribution is -0.124. The lowest BCUT2D eigenvalue weighted by Gasteiger charge is -2.24. The highest BCUT2D eigenvalue weighted by Crippen LogP contribution is 2.51. The maximum atomic E-state index is 13.6. The predicted octanol–water partition coefficient (Wildman–Crippen LogP) is 3.75. The highest BCUT2D eigenvalue weighted by atomic mass is 32.1. The third kappa shape index (κ3) is 3.10. The minimum absolute atomic E-state index is 0.0850. The molecule has 6 nitrogen and oxygen atoms in total. The van der Waals surface area contributed by atoms with E-state index in [1.54, 1.807) is 0 Å². The number of nitrogens with zero attached hydrogens (tertiary/aromatic N) is 1. The van der Waals surface area contributed by atoms with Crippen molar-refractivity contribution in [1.82, 2.24) is 5.32 Å². The number of amides is 3. The van der Waals surface area contributed by atoms with Gasteiger partial charge in [0.05, 0.1) is 29.6 Å². The number of anilines is 1. The molecule has 1 saturated carbocycles. The van der Waals surface area contributed by atoms with Crippen LogP contribution in [0.1, 0.15) is 85.0 Å². The third-order valence-electron chi connectivity index (χ3n) is 8.06. The van der Waals surface area contributed by atoms with Crippen LogP contribution in [0.15, 0.2) is 0 Å². The van der Waals surface area contributed by atoms with E-state index in [0.717, 1.165) is 76.2 Å². The third-order valence-corrected chi connectivity index (χ3v) is 9.33. The summed E-state index contributed by atoms with van der Waals surface area (Å²) in [6.07, 6.45) is 12.1. The standard InChI is InChI=1S/C24H30N2O4S/c27-21(25-13-7-3-1-4-8-13)18-14-9-5-2-6-10-17(14)31-24(18)26-22(28)19-15-11-12-16(30-15)20(19)23(26)29/h13,15-16,19-20H,1-12H2,(H,25,27)/t15-,16-,19+,20+/m1/s1. The molecular formula is C24H30N2O4S. The number of carbonyl (C=O) groups is 3. The van der Waals surface area contributed by atoms with E-state index in [9.17, 15) is 14.4 Å².